The Balaban J connectivity index is 1.39. The van der Waals surface area contributed by atoms with E-state index in [1.165, 1.54) is 6.07 Å². The zero-order chi connectivity index (χ0) is 24.4. The fourth-order valence-corrected chi connectivity index (χ4v) is 4.47. The van der Waals surface area contributed by atoms with Gasteiger partial charge in [0, 0.05) is 48.6 Å². The van der Waals surface area contributed by atoms with Crippen molar-refractivity contribution >= 4 is 28.3 Å². The van der Waals surface area contributed by atoms with Gasteiger partial charge in [-0.1, -0.05) is 0 Å². The first-order valence-electron chi connectivity index (χ1n) is 11.5. The number of amides is 1. The monoisotopic (exact) mass is 479 g/mol. The third-order valence-corrected chi connectivity index (χ3v) is 6.21. The molecule has 9 heteroatoms. The summed E-state index contributed by atoms with van der Waals surface area (Å²) in [5.74, 6) is 0.619. The summed E-state index contributed by atoms with van der Waals surface area (Å²) in [7, 11) is 0. The zero-order valence-corrected chi connectivity index (χ0v) is 18.9. The number of carbonyl (C=O) groups excluding carboxylic acids is 1. The second kappa shape index (κ2) is 9.40. The summed E-state index contributed by atoms with van der Waals surface area (Å²) in [6, 6.07) is 12.7. The molecule has 35 heavy (non-hydrogen) atoms. The van der Waals surface area contributed by atoms with Crippen molar-refractivity contribution in [1.29, 1.82) is 0 Å². The molecule has 0 radical (unpaired) electrons. The summed E-state index contributed by atoms with van der Waals surface area (Å²) in [5.41, 5.74) is 2.05. The molecular formula is C26H24F3N5O. The van der Waals surface area contributed by atoms with Gasteiger partial charge in [-0.2, -0.15) is 13.2 Å². The third-order valence-electron chi connectivity index (χ3n) is 6.21. The van der Waals surface area contributed by atoms with Crippen molar-refractivity contribution in [3.8, 4) is 0 Å². The van der Waals surface area contributed by atoms with Crippen molar-refractivity contribution in [2.24, 2.45) is 0 Å². The molecule has 4 aromatic rings. The molecule has 1 aliphatic heterocycles. The highest BCUT2D eigenvalue weighted by Crippen LogP contribution is 2.33. The number of benzene rings is 1. The Morgan fingerprint density at radius 3 is 2.46 bits per heavy atom. The van der Waals surface area contributed by atoms with Crippen LogP contribution in [0.5, 0.6) is 0 Å². The number of carbonyl (C=O) groups is 1. The van der Waals surface area contributed by atoms with Crippen LogP contribution in [-0.2, 0) is 23.9 Å². The number of pyridine rings is 2. The van der Waals surface area contributed by atoms with E-state index < -0.39 is 11.7 Å². The average molecular weight is 480 g/mol. The van der Waals surface area contributed by atoms with Crippen molar-refractivity contribution in [2.45, 2.75) is 32.0 Å². The normalized spacial score (nSPS) is 14.0. The van der Waals surface area contributed by atoms with E-state index in [1.807, 2.05) is 28.8 Å². The maximum Gasteiger partial charge on any atom is 0.416 e. The van der Waals surface area contributed by atoms with E-state index in [2.05, 4.69) is 20.2 Å². The van der Waals surface area contributed by atoms with Crippen LogP contribution < -0.4 is 10.2 Å². The van der Waals surface area contributed by atoms with Crippen molar-refractivity contribution in [1.82, 2.24) is 14.5 Å². The van der Waals surface area contributed by atoms with Crippen LogP contribution in [0.2, 0.25) is 0 Å². The van der Waals surface area contributed by atoms with Crippen LogP contribution in [0.25, 0.3) is 10.9 Å². The SMILES string of the molecule is O=C(Cc1cc2cc(C(F)(F)F)ccc2n1Cc1ccncc1)Nc1ccc(N2CCCC2)nc1. The molecular weight excluding hydrogens is 455 g/mol. The van der Waals surface area contributed by atoms with Gasteiger partial charge >= 0.3 is 6.18 Å². The van der Waals surface area contributed by atoms with Crippen molar-refractivity contribution in [2.75, 3.05) is 23.3 Å². The number of nitrogens with zero attached hydrogens (tertiary/aromatic N) is 4. The number of alkyl halides is 3. The minimum atomic E-state index is -4.44. The van der Waals surface area contributed by atoms with Crippen LogP contribution in [0, 0.1) is 0 Å². The number of rotatable bonds is 6. The average Bonchev–Trinajstić information content (AvgIpc) is 3.48. The smallest absolute Gasteiger partial charge is 0.357 e. The Morgan fingerprint density at radius 1 is 1.00 bits per heavy atom. The molecule has 0 bridgehead atoms. The first kappa shape index (κ1) is 22.9. The summed E-state index contributed by atoms with van der Waals surface area (Å²) in [6.45, 7) is 2.37. The van der Waals surface area contributed by atoms with Crippen LogP contribution in [0.15, 0.2) is 67.1 Å². The molecule has 1 aliphatic rings. The fourth-order valence-electron chi connectivity index (χ4n) is 4.47. The van der Waals surface area contributed by atoms with Crippen LogP contribution in [0.3, 0.4) is 0 Å². The predicted octanol–water partition coefficient (Wildman–Crippen LogP) is 5.28. The maximum absolute atomic E-state index is 13.3. The second-order valence-electron chi connectivity index (χ2n) is 8.67. The molecule has 4 heterocycles. The summed E-state index contributed by atoms with van der Waals surface area (Å²) in [6.07, 6.45) is 2.83. The van der Waals surface area contributed by atoms with E-state index in [0.717, 1.165) is 49.4 Å². The summed E-state index contributed by atoms with van der Waals surface area (Å²) >= 11 is 0. The van der Waals surface area contributed by atoms with Crippen molar-refractivity contribution in [3.05, 3.63) is 83.9 Å². The molecule has 0 unspecified atom stereocenters. The number of nitrogens with one attached hydrogen (secondary N) is 1. The van der Waals surface area contributed by atoms with Gasteiger partial charge in [0.05, 0.1) is 23.9 Å². The van der Waals surface area contributed by atoms with Gasteiger partial charge in [-0.15, -0.1) is 0 Å². The van der Waals surface area contributed by atoms with Crippen LogP contribution in [0.4, 0.5) is 24.7 Å². The molecule has 5 rings (SSSR count). The molecule has 1 fully saturated rings. The van der Waals surface area contributed by atoms with Gasteiger partial charge in [-0.3, -0.25) is 9.78 Å². The first-order valence-corrected chi connectivity index (χ1v) is 11.5. The molecule has 0 spiro atoms. The van der Waals surface area contributed by atoms with E-state index in [9.17, 15) is 18.0 Å². The van der Waals surface area contributed by atoms with Gasteiger partial charge in [0.1, 0.15) is 5.82 Å². The molecule has 6 nitrogen and oxygen atoms in total. The highest BCUT2D eigenvalue weighted by Gasteiger charge is 2.31. The lowest BCUT2D eigenvalue weighted by molar-refractivity contribution is -0.137. The molecule has 0 saturated carbocycles. The summed E-state index contributed by atoms with van der Waals surface area (Å²) < 4.78 is 41.7. The van der Waals surface area contributed by atoms with E-state index in [1.54, 1.807) is 24.7 Å². The second-order valence-corrected chi connectivity index (χ2v) is 8.67. The molecule has 1 saturated heterocycles. The number of halogens is 3. The number of anilines is 2. The van der Waals surface area contributed by atoms with Gasteiger partial charge in [0.2, 0.25) is 5.91 Å². The Morgan fingerprint density at radius 2 is 1.77 bits per heavy atom. The minimum absolute atomic E-state index is 0.00892. The standard InChI is InChI=1S/C26H24F3N5O/c27-26(28,29)20-3-5-23-19(13-20)14-22(34(23)17-18-7-9-30-10-8-18)15-25(35)32-21-4-6-24(31-16-21)33-11-1-2-12-33/h3-10,13-14,16H,1-2,11-12,15,17H2,(H,32,35). The molecule has 1 N–H and O–H groups in total. The lowest BCUT2D eigenvalue weighted by Gasteiger charge is -2.16. The number of hydrogen-bond donors (Lipinski definition) is 1. The molecule has 180 valence electrons. The molecule has 0 aliphatic carbocycles. The quantitative estimate of drug-likeness (QED) is 0.409. The van der Waals surface area contributed by atoms with E-state index in [0.29, 0.717) is 28.8 Å². The lowest BCUT2D eigenvalue weighted by atomic mass is 10.1. The Kier molecular flexibility index (Phi) is 6.15. The van der Waals surface area contributed by atoms with Gasteiger partial charge < -0.3 is 14.8 Å². The predicted molar refractivity (Wildman–Crippen MR) is 128 cm³/mol. The van der Waals surface area contributed by atoms with E-state index in [4.69, 9.17) is 0 Å². The zero-order valence-electron chi connectivity index (χ0n) is 18.9. The number of aromatic nitrogens is 3. The molecule has 3 aromatic heterocycles. The van der Waals surface area contributed by atoms with E-state index in [-0.39, 0.29) is 12.3 Å². The van der Waals surface area contributed by atoms with Crippen LogP contribution >= 0.6 is 0 Å². The van der Waals surface area contributed by atoms with Crippen LogP contribution in [0.1, 0.15) is 29.7 Å². The van der Waals surface area contributed by atoms with Crippen molar-refractivity contribution in [3.63, 3.8) is 0 Å². The number of hydrogen-bond acceptors (Lipinski definition) is 4. The van der Waals surface area contributed by atoms with Gasteiger partial charge in [-0.25, -0.2) is 4.98 Å². The molecule has 1 amide bonds. The highest BCUT2D eigenvalue weighted by atomic mass is 19.4. The van der Waals surface area contributed by atoms with Gasteiger partial charge in [0.15, 0.2) is 0 Å². The summed E-state index contributed by atoms with van der Waals surface area (Å²) in [5, 5.41) is 3.29. The fraction of sp³-hybridized carbons (Fsp3) is 0.269. The maximum atomic E-state index is 13.3. The molecule has 0 atom stereocenters. The largest absolute Gasteiger partial charge is 0.416 e. The topological polar surface area (TPSA) is 63.1 Å². The Hall–Kier alpha value is -3.88. The van der Waals surface area contributed by atoms with Crippen LogP contribution in [-0.4, -0.2) is 33.5 Å². The summed E-state index contributed by atoms with van der Waals surface area (Å²) in [4.78, 5) is 23.6. The number of fused-ring (bicyclic) bond motifs is 1. The van der Waals surface area contributed by atoms with E-state index >= 15 is 0 Å². The Bertz CT molecular complexity index is 1330. The Labute approximate surface area is 200 Å². The minimum Gasteiger partial charge on any atom is -0.357 e. The molecule has 1 aromatic carbocycles. The van der Waals surface area contributed by atoms with Crippen molar-refractivity contribution < 1.29 is 18.0 Å². The first-order chi connectivity index (χ1) is 16.9. The van der Waals surface area contributed by atoms with Gasteiger partial charge in [0.25, 0.3) is 0 Å². The lowest BCUT2D eigenvalue weighted by Crippen LogP contribution is -2.20. The third kappa shape index (κ3) is 5.13. The highest BCUT2D eigenvalue weighted by molar-refractivity contribution is 5.93. The van der Waals surface area contributed by atoms with Gasteiger partial charge in [-0.05, 0) is 66.9 Å².